The maximum Gasteiger partial charge on any atom is 0.252 e. The van der Waals surface area contributed by atoms with Crippen LogP contribution in [0.25, 0.3) is 16.5 Å². The van der Waals surface area contributed by atoms with Gasteiger partial charge in [0.05, 0.1) is 18.2 Å². The molecule has 27 heavy (non-hydrogen) atoms. The van der Waals surface area contributed by atoms with Crippen molar-refractivity contribution in [2.45, 2.75) is 25.7 Å². The molecule has 1 amide bonds. The van der Waals surface area contributed by atoms with Crippen LogP contribution in [0.3, 0.4) is 0 Å². The number of ether oxygens (including phenoxy) is 1. The number of carbonyl (C=O) groups excluding carboxylic acids is 1. The number of rotatable bonds is 4. The van der Waals surface area contributed by atoms with Crippen LogP contribution in [0.15, 0.2) is 36.5 Å². The Labute approximate surface area is 159 Å². The van der Waals surface area contributed by atoms with Crippen molar-refractivity contribution in [3.63, 3.8) is 0 Å². The van der Waals surface area contributed by atoms with Crippen LogP contribution in [-0.2, 0) is 9.53 Å². The molecule has 2 aliphatic rings. The third-order valence-electron chi connectivity index (χ3n) is 6.28. The molecule has 2 aromatic rings. The van der Waals surface area contributed by atoms with E-state index in [1.165, 1.54) is 19.2 Å². The smallest absolute Gasteiger partial charge is 0.252 e. The quantitative estimate of drug-likeness (QED) is 0.664. The summed E-state index contributed by atoms with van der Waals surface area (Å²) in [4.78, 5) is 23.0. The topological polar surface area (TPSA) is 81.3 Å². The summed E-state index contributed by atoms with van der Waals surface area (Å²) in [6.45, 7) is 2.29. The van der Waals surface area contributed by atoms with E-state index in [4.69, 9.17) is 10.5 Å². The highest BCUT2D eigenvalue weighted by molar-refractivity contribution is 6.20. The molecule has 4 rings (SSSR count). The first kappa shape index (κ1) is 17.9. The second kappa shape index (κ2) is 6.93. The molecule has 1 aliphatic carbocycles. The van der Waals surface area contributed by atoms with Crippen LogP contribution in [0, 0.1) is 11.3 Å². The minimum Gasteiger partial charge on any atom is -0.500 e. The first-order valence-electron chi connectivity index (χ1n) is 9.48. The maximum absolute atomic E-state index is 12.3. The third kappa shape index (κ3) is 3.30. The predicted octanol–water partition coefficient (Wildman–Crippen LogP) is 2.59. The lowest BCUT2D eigenvalue weighted by Gasteiger charge is -2.52. The van der Waals surface area contributed by atoms with Crippen LogP contribution in [0.5, 0.6) is 0 Å². The van der Waals surface area contributed by atoms with Gasteiger partial charge in [0.15, 0.2) is 0 Å². The molecule has 2 N–H and O–H groups in total. The molecular weight excluding hydrogens is 340 g/mol. The first-order valence-corrected chi connectivity index (χ1v) is 9.48. The summed E-state index contributed by atoms with van der Waals surface area (Å²) in [5.74, 6) is 0.527. The van der Waals surface area contributed by atoms with Gasteiger partial charge in [-0.25, -0.2) is 9.97 Å². The Kier molecular flexibility index (Phi) is 4.60. The molecular formula is C21H26N4O2. The number of methoxy groups -OCH3 is 1. The van der Waals surface area contributed by atoms with Gasteiger partial charge in [-0.3, -0.25) is 4.79 Å². The van der Waals surface area contributed by atoms with Crippen molar-refractivity contribution in [1.29, 1.82) is 0 Å². The second-order valence-corrected chi connectivity index (χ2v) is 8.01. The Morgan fingerprint density at radius 1 is 1.30 bits per heavy atom. The van der Waals surface area contributed by atoms with E-state index in [9.17, 15) is 4.79 Å². The fourth-order valence-corrected chi connectivity index (χ4v) is 4.69. The summed E-state index contributed by atoms with van der Waals surface area (Å²) in [7, 11) is 3.82. The molecule has 1 saturated heterocycles. The standard InChI is InChI=1S/C21H26N4O2/c1-25-7-5-21(6-8-25)10-16(11-21)19(27-2)18(20(22)26)14-3-4-17-15(9-14)12-23-13-24-17/h3-4,9,12-13,16H,5-8,10-11H2,1-2H3,(H2,22,26). The molecule has 1 spiro atoms. The first-order chi connectivity index (χ1) is 13.0. The Hall–Kier alpha value is -2.47. The number of carbonyl (C=O) groups is 1. The number of piperidine rings is 1. The molecule has 0 radical (unpaired) electrons. The van der Waals surface area contributed by atoms with Crippen LogP contribution >= 0.6 is 0 Å². The Morgan fingerprint density at radius 2 is 2.04 bits per heavy atom. The summed E-state index contributed by atoms with van der Waals surface area (Å²) in [6.07, 6.45) is 7.83. The van der Waals surface area contributed by atoms with Crippen LogP contribution in [0.1, 0.15) is 31.2 Å². The molecule has 1 aromatic heterocycles. The average Bonchev–Trinajstić information content (AvgIpc) is 2.65. The lowest BCUT2D eigenvalue weighted by molar-refractivity contribution is -0.113. The zero-order valence-electron chi connectivity index (χ0n) is 15.9. The van der Waals surface area contributed by atoms with E-state index in [0.717, 1.165) is 48.2 Å². The minimum atomic E-state index is -0.452. The van der Waals surface area contributed by atoms with E-state index in [-0.39, 0.29) is 5.92 Å². The van der Waals surface area contributed by atoms with Gasteiger partial charge in [-0.2, -0.15) is 0 Å². The number of fused-ring (bicyclic) bond motifs is 1. The fourth-order valence-electron chi connectivity index (χ4n) is 4.69. The molecule has 142 valence electrons. The number of amides is 1. The lowest BCUT2D eigenvalue weighted by Crippen LogP contribution is -2.46. The van der Waals surface area contributed by atoms with Crippen molar-refractivity contribution in [1.82, 2.24) is 14.9 Å². The van der Waals surface area contributed by atoms with Crippen molar-refractivity contribution in [2.75, 3.05) is 27.2 Å². The van der Waals surface area contributed by atoms with Gasteiger partial charge >= 0.3 is 0 Å². The van der Waals surface area contributed by atoms with Crippen molar-refractivity contribution in [2.24, 2.45) is 17.1 Å². The van der Waals surface area contributed by atoms with Crippen molar-refractivity contribution in [3.05, 3.63) is 42.0 Å². The van der Waals surface area contributed by atoms with E-state index in [1.807, 2.05) is 18.2 Å². The van der Waals surface area contributed by atoms with Crippen molar-refractivity contribution < 1.29 is 9.53 Å². The fraction of sp³-hybridized carbons (Fsp3) is 0.476. The number of aromatic nitrogens is 2. The van der Waals surface area contributed by atoms with Crippen molar-refractivity contribution >= 4 is 22.4 Å². The number of nitrogens with two attached hydrogens (primary N) is 1. The van der Waals surface area contributed by atoms with E-state index in [1.54, 1.807) is 13.3 Å². The molecule has 0 unspecified atom stereocenters. The average molecular weight is 366 g/mol. The van der Waals surface area contributed by atoms with Gasteiger partial charge < -0.3 is 15.4 Å². The largest absolute Gasteiger partial charge is 0.500 e. The van der Waals surface area contributed by atoms with Gasteiger partial charge in [0.1, 0.15) is 12.1 Å². The number of likely N-dealkylation sites (tertiary alicyclic amines) is 1. The number of primary amides is 1. The van der Waals surface area contributed by atoms with Crippen LogP contribution < -0.4 is 5.73 Å². The summed E-state index contributed by atoms with van der Waals surface area (Å²) >= 11 is 0. The second-order valence-electron chi connectivity index (χ2n) is 8.01. The monoisotopic (exact) mass is 366 g/mol. The normalized spacial score (nSPS) is 21.0. The van der Waals surface area contributed by atoms with Crippen LogP contribution in [0.2, 0.25) is 0 Å². The minimum absolute atomic E-state index is 0.253. The summed E-state index contributed by atoms with van der Waals surface area (Å²) in [6, 6.07) is 5.69. The highest BCUT2D eigenvalue weighted by atomic mass is 16.5. The predicted molar refractivity (Wildman–Crippen MR) is 105 cm³/mol. The Balaban J connectivity index is 1.66. The van der Waals surface area contributed by atoms with Gasteiger partial charge in [0.25, 0.3) is 5.91 Å². The zero-order valence-corrected chi connectivity index (χ0v) is 15.9. The highest BCUT2D eigenvalue weighted by Gasteiger charge is 2.48. The van der Waals surface area contributed by atoms with E-state index in [2.05, 4.69) is 21.9 Å². The van der Waals surface area contributed by atoms with Gasteiger partial charge in [-0.05, 0) is 68.9 Å². The number of nitrogens with zero attached hydrogens (tertiary/aromatic N) is 3. The molecule has 6 heteroatoms. The number of hydrogen-bond donors (Lipinski definition) is 1. The molecule has 6 nitrogen and oxygen atoms in total. The molecule has 0 bridgehead atoms. The zero-order chi connectivity index (χ0) is 19.0. The van der Waals surface area contributed by atoms with Gasteiger partial charge in [-0.15, -0.1) is 0 Å². The Bertz CT molecular complexity index is 892. The van der Waals surface area contributed by atoms with Gasteiger partial charge in [-0.1, -0.05) is 6.07 Å². The van der Waals surface area contributed by atoms with Crippen molar-refractivity contribution in [3.8, 4) is 0 Å². The summed E-state index contributed by atoms with van der Waals surface area (Å²) in [5.41, 5.74) is 8.27. The summed E-state index contributed by atoms with van der Waals surface area (Å²) in [5, 5.41) is 0.879. The van der Waals surface area contributed by atoms with E-state index < -0.39 is 5.91 Å². The van der Waals surface area contributed by atoms with Crippen LogP contribution in [-0.4, -0.2) is 48.0 Å². The van der Waals surface area contributed by atoms with E-state index in [0.29, 0.717) is 11.0 Å². The number of benzene rings is 1. The molecule has 1 saturated carbocycles. The number of allylic oxidation sites excluding steroid dienone is 1. The van der Waals surface area contributed by atoms with Crippen LogP contribution in [0.4, 0.5) is 0 Å². The molecule has 1 aliphatic heterocycles. The SMILES string of the molecule is COC(=C(C(N)=O)c1ccc2ncncc2c1)C1CC2(CCN(C)CC2)C1. The lowest BCUT2D eigenvalue weighted by atomic mass is 9.56. The molecule has 2 fully saturated rings. The van der Waals surface area contributed by atoms with Gasteiger partial charge in [0, 0.05) is 17.5 Å². The van der Waals surface area contributed by atoms with Gasteiger partial charge in [0.2, 0.25) is 0 Å². The maximum atomic E-state index is 12.3. The summed E-state index contributed by atoms with van der Waals surface area (Å²) < 4.78 is 5.74. The Morgan fingerprint density at radius 3 is 2.70 bits per heavy atom. The highest BCUT2D eigenvalue weighted by Crippen LogP contribution is 2.55. The molecule has 2 heterocycles. The molecule has 0 atom stereocenters. The number of hydrogen-bond acceptors (Lipinski definition) is 5. The third-order valence-corrected chi connectivity index (χ3v) is 6.28. The molecule has 1 aromatic carbocycles. The van der Waals surface area contributed by atoms with E-state index >= 15 is 0 Å².